The van der Waals surface area contributed by atoms with Gasteiger partial charge in [0, 0.05) is 19.2 Å². The van der Waals surface area contributed by atoms with Crippen LogP contribution in [0.4, 0.5) is 0 Å². The molecule has 100 valence electrons. The van der Waals surface area contributed by atoms with Gasteiger partial charge in [-0.25, -0.2) is 0 Å². The normalized spacial score (nSPS) is 28.2. The van der Waals surface area contributed by atoms with E-state index in [1.54, 1.807) is 20.8 Å². The Morgan fingerprint density at radius 2 is 1.94 bits per heavy atom. The molecule has 5 heteroatoms. The lowest BCUT2D eigenvalue weighted by Crippen LogP contribution is -2.51. The second kappa shape index (κ2) is 5.00. The summed E-state index contributed by atoms with van der Waals surface area (Å²) in [6, 6.07) is 0. The molecule has 1 rings (SSSR count). The number of esters is 1. The van der Waals surface area contributed by atoms with Crippen LogP contribution < -0.4 is 0 Å². The summed E-state index contributed by atoms with van der Waals surface area (Å²) in [5, 5.41) is 0. The molecule has 5 nitrogen and oxygen atoms in total. The fourth-order valence-corrected chi connectivity index (χ4v) is 2.48. The van der Waals surface area contributed by atoms with Gasteiger partial charge in [0.2, 0.25) is 0 Å². The first kappa shape index (κ1) is 14.5. The first-order valence-corrected chi connectivity index (χ1v) is 5.83. The van der Waals surface area contributed by atoms with E-state index < -0.39 is 29.0 Å². The van der Waals surface area contributed by atoms with E-state index in [0.29, 0.717) is 5.71 Å². The fraction of sp³-hybridized carbons (Fsp3) is 0.692. The van der Waals surface area contributed by atoms with Crippen molar-refractivity contribution in [2.75, 3.05) is 14.2 Å². The maximum Gasteiger partial charge on any atom is 0.316 e. The van der Waals surface area contributed by atoms with Crippen molar-refractivity contribution >= 4 is 23.2 Å². The number of Topliss-reactive ketones (excluding diaryl/α,β-unsaturated/α-hetero) is 2. The fourth-order valence-electron chi connectivity index (χ4n) is 2.48. The van der Waals surface area contributed by atoms with Crippen molar-refractivity contribution in [3.63, 3.8) is 0 Å². The van der Waals surface area contributed by atoms with Crippen LogP contribution in [0.3, 0.4) is 0 Å². The number of ketones is 2. The summed E-state index contributed by atoms with van der Waals surface area (Å²) in [7, 11) is 2.78. The predicted molar refractivity (Wildman–Crippen MR) is 66.4 cm³/mol. The number of ether oxygens (including phenoxy) is 1. The minimum absolute atomic E-state index is 0.173. The summed E-state index contributed by atoms with van der Waals surface area (Å²) in [5.41, 5.74) is -0.249. The van der Waals surface area contributed by atoms with Gasteiger partial charge >= 0.3 is 5.97 Å². The summed E-state index contributed by atoms with van der Waals surface area (Å²) in [4.78, 5) is 40.0. The van der Waals surface area contributed by atoms with Crippen molar-refractivity contribution in [3.05, 3.63) is 0 Å². The zero-order chi connectivity index (χ0) is 14.1. The zero-order valence-corrected chi connectivity index (χ0v) is 11.4. The molecule has 0 aliphatic heterocycles. The van der Waals surface area contributed by atoms with E-state index in [2.05, 4.69) is 9.73 Å². The van der Waals surface area contributed by atoms with E-state index in [-0.39, 0.29) is 12.2 Å². The van der Waals surface area contributed by atoms with Gasteiger partial charge in [-0.05, 0) is 12.3 Å². The lowest BCUT2D eigenvalue weighted by molar-refractivity contribution is -0.159. The quantitative estimate of drug-likeness (QED) is 0.419. The number of rotatable bonds is 2. The highest BCUT2D eigenvalue weighted by molar-refractivity contribution is 6.25. The highest BCUT2D eigenvalue weighted by Gasteiger charge is 2.52. The molecule has 1 saturated carbocycles. The van der Waals surface area contributed by atoms with Gasteiger partial charge in [-0.15, -0.1) is 0 Å². The number of nitrogens with zero attached hydrogens (tertiary/aromatic N) is 1. The maximum absolute atomic E-state index is 12.3. The molecule has 1 unspecified atom stereocenters. The molecule has 2 atom stereocenters. The Morgan fingerprint density at radius 3 is 2.39 bits per heavy atom. The molecule has 0 aromatic rings. The summed E-state index contributed by atoms with van der Waals surface area (Å²) >= 11 is 0. The van der Waals surface area contributed by atoms with Gasteiger partial charge in [0.15, 0.2) is 5.78 Å². The van der Waals surface area contributed by atoms with Crippen molar-refractivity contribution in [3.8, 4) is 0 Å². The second-order valence-corrected chi connectivity index (χ2v) is 5.29. The second-order valence-electron chi connectivity index (χ2n) is 5.29. The third-order valence-corrected chi connectivity index (χ3v) is 3.51. The van der Waals surface area contributed by atoms with E-state index in [0.717, 1.165) is 0 Å². The number of carbonyl (C=O) groups is 3. The molecule has 0 amide bonds. The van der Waals surface area contributed by atoms with Crippen molar-refractivity contribution in [2.24, 2.45) is 22.2 Å². The monoisotopic (exact) mass is 253 g/mol. The number of carbonyl (C=O) groups excluding carboxylic acids is 3. The van der Waals surface area contributed by atoms with Crippen LogP contribution in [0.25, 0.3) is 0 Å². The van der Waals surface area contributed by atoms with Gasteiger partial charge < -0.3 is 4.74 Å². The number of aliphatic imine (C=N–C) groups is 1. The molecule has 0 aromatic carbocycles. The Balaban J connectivity index is 3.21. The molecular weight excluding hydrogens is 234 g/mol. The van der Waals surface area contributed by atoms with Crippen LogP contribution in [0.5, 0.6) is 0 Å². The molecule has 0 saturated heterocycles. The van der Waals surface area contributed by atoms with Crippen LogP contribution in [-0.4, -0.2) is 37.4 Å². The SMILES string of the molecule is CN=C(C)C1C(=O)CC(C)(C)[C@H](C(=O)OC)C1=O. The van der Waals surface area contributed by atoms with Crippen LogP contribution in [0.15, 0.2) is 4.99 Å². The Hall–Kier alpha value is -1.52. The van der Waals surface area contributed by atoms with Crippen molar-refractivity contribution in [1.82, 2.24) is 0 Å². The first-order chi connectivity index (χ1) is 8.26. The van der Waals surface area contributed by atoms with Crippen molar-refractivity contribution < 1.29 is 19.1 Å². The van der Waals surface area contributed by atoms with E-state index in [4.69, 9.17) is 0 Å². The smallest absolute Gasteiger partial charge is 0.316 e. The first-order valence-electron chi connectivity index (χ1n) is 5.83. The summed E-state index contributed by atoms with van der Waals surface area (Å²) in [6.07, 6.45) is 0.177. The number of methoxy groups -OCH3 is 1. The van der Waals surface area contributed by atoms with E-state index in [1.165, 1.54) is 14.2 Å². The predicted octanol–water partition coefficient (Wildman–Crippen LogP) is 1.05. The molecule has 0 radical (unpaired) electrons. The molecule has 18 heavy (non-hydrogen) atoms. The Bertz CT molecular complexity index is 423. The lowest BCUT2D eigenvalue weighted by Gasteiger charge is -2.37. The summed E-state index contributed by atoms with van der Waals surface area (Å²) in [5.74, 6) is -2.94. The number of hydrogen-bond acceptors (Lipinski definition) is 5. The average molecular weight is 253 g/mol. The maximum atomic E-state index is 12.3. The summed E-state index contributed by atoms with van der Waals surface area (Å²) in [6.45, 7) is 5.10. The van der Waals surface area contributed by atoms with E-state index >= 15 is 0 Å². The molecule has 1 aliphatic carbocycles. The minimum Gasteiger partial charge on any atom is -0.468 e. The molecule has 1 fully saturated rings. The third kappa shape index (κ3) is 2.35. The Morgan fingerprint density at radius 1 is 1.39 bits per heavy atom. The van der Waals surface area contributed by atoms with Gasteiger partial charge in [0.25, 0.3) is 0 Å². The Labute approximate surface area is 107 Å². The lowest BCUT2D eigenvalue weighted by atomic mass is 9.63. The third-order valence-electron chi connectivity index (χ3n) is 3.51. The topological polar surface area (TPSA) is 72.8 Å². The highest BCUT2D eigenvalue weighted by Crippen LogP contribution is 2.40. The molecular formula is C13H19NO4. The molecule has 0 bridgehead atoms. The van der Waals surface area contributed by atoms with Crippen molar-refractivity contribution in [1.29, 1.82) is 0 Å². The Kier molecular flexibility index (Phi) is 4.04. The van der Waals surface area contributed by atoms with Crippen molar-refractivity contribution in [2.45, 2.75) is 27.2 Å². The highest BCUT2D eigenvalue weighted by atomic mass is 16.5. The van der Waals surface area contributed by atoms with Gasteiger partial charge in [-0.1, -0.05) is 13.8 Å². The van der Waals surface area contributed by atoms with Crippen LogP contribution in [0.2, 0.25) is 0 Å². The van der Waals surface area contributed by atoms with E-state index in [1.807, 2.05) is 0 Å². The number of hydrogen-bond donors (Lipinski definition) is 0. The standard InChI is InChI=1S/C13H19NO4/c1-7(14-4)9-8(15)6-13(2,3)10(11(9)16)12(17)18-5/h9-10H,6H2,1-5H3/t9?,10-/m0/s1. The van der Waals surface area contributed by atoms with Gasteiger partial charge in [-0.3, -0.25) is 19.4 Å². The van der Waals surface area contributed by atoms with Crippen LogP contribution in [0, 0.1) is 17.3 Å². The molecule has 0 spiro atoms. The molecule has 0 aromatic heterocycles. The molecule has 0 N–H and O–H groups in total. The van der Waals surface area contributed by atoms with Gasteiger partial charge in [-0.2, -0.15) is 0 Å². The largest absolute Gasteiger partial charge is 0.468 e. The van der Waals surface area contributed by atoms with Gasteiger partial charge in [0.1, 0.15) is 17.6 Å². The average Bonchev–Trinajstić information content (AvgIpc) is 2.26. The van der Waals surface area contributed by atoms with Crippen LogP contribution in [-0.2, 0) is 19.1 Å². The van der Waals surface area contributed by atoms with E-state index in [9.17, 15) is 14.4 Å². The minimum atomic E-state index is -0.901. The molecule has 0 heterocycles. The van der Waals surface area contributed by atoms with Crippen LogP contribution in [0.1, 0.15) is 27.2 Å². The zero-order valence-electron chi connectivity index (χ0n) is 11.4. The summed E-state index contributed by atoms with van der Waals surface area (Å²) < 4.78 is 4.68. The van der Waals surface area contributed by atoms with Gasteiger partial charge in [0.05, 0.1) is 7.11 Å². The van der Waals surface area contributed by atoms with Crippen LogP contribution >= 0.6 is 0 Å². The molecule has 1 aliphatic rings.